The fourth-order valence-corrected chi connectivity index (χ4v) is 8.05. The first-order valence-electron chi connectivity index (χ1n) is 12.9. The number of allylic oxidation sites excluding steroid dienone is 4. The standard InChI is InChI=1S/C25H30N4O10S2.K/c1-3-38-24(32)20-18(22(30)28(26-20)16-10-12-40(34,35)14-16)8-6-5-7-9-19-21(25(33)39-4-2)27-29(23(19)31)17-11-13-41(36,37)15-17;/h5-9,16-17,30H,3-4,10-15H2,1-2H3;/q;+1/p-1/b7-5+,8-6+,19-9+;. The number of hydrogen-bond donors (Lipinski definition) is 0. The van der Waals surface area contributed by atoms with Gasteiger partial charge < -0.3 is 14.6 Å². The number of nitrogens with zero attached hydrogens (tertiary/aromatic N) is 4. The molecule has 4 heterocycles. The molecule has 0 N–H and O–H groups in total. The number of esters is 2. The van der Waals surface area contributed by atoms with Crippen LogP contribution in [0, 0.1) is 0 Å². The molecule has 3 aliphatic heterocycles. The molecule has 1 aromatic heterocycles. The van der Waals surface area contributed by atoms with Crippen molar-refractivity contribution in [3.8, 4) is 5.88 Å². The second kappa shape index (κ2) is 14.1. The summed E-state index contributed by atoms with van der Waals surface area (Å²) in [6.07, 6.45) is 7.23. The predicted molar refractivity (Wildman–Crippen MR) is 144 cm³/mol. The zero-order chi connectivity index (χ0) is 29.9. The molecule has 1 aromatic rings. The molecule has 42 heavy (non-hydrogen) atoms. The van der Waals surface area contributed by atoms with Gasteiger partial charge in [0.05, 0.1) is 53.9 Å². The van der Waals surface area contributed by atoms with Crippen LogP contribution in [0.25, 0.3) is 6.08 Å². The molecule has 0 spiro atoms. The summed E-state index contributed by atoms with van der Waals surface area (Å²) in [6, 6.07) is -1.40. The Morgan fingerprint density at radius 1 is 0.952 bits per heavy atom. The maximum absolute atomic E-state index is 13.1. The van der Waals surface area contributed by atoms with Crippen LogP contribution in [0.3, 0.4) is 0 Å². The molecule has 2 atom stereocenters. The van der Waals surface area contributed by atoms with Crippen LogP contribution in [0.2, 0.25) is 0 Å². The molecule has 4 rings (SSSR count). The van der Waals surface area contributed by atoms with E-state index in [1.165, 1.54) is 30.4 Å². The second-order valence-corrected chi connectivity index (χ2v) is 13.9. The van der Waals surface area contributed by atoms with E-state index in [9.17, 15) is 36.3 Å². The van der Waals surface area contributed by atoms with Crippen LogP contribution in [-0.2, 0) is 38.7 Å². The number of carbonyl (C=O) groups is 3. The molecule has 14 nitrogen and oxygen atoms in total. The van der Waals surface area contributed by atoms with Crippen molar-refractivity contribution < 1.29 is 97.2 Å². The molecule has 222 valence electrons. The monoisotopic (exact) mass is 648 g/mol. The first-order chi connectivity index (χ1) is 19.4. The summed E-state index contributed by atoms with van der Waals surface area (Å²) < 4.78 is 58.6. The Bertz CT molecular complexity index is 1590. The van der Waals surface area contributed by atoms with Gasteiger partial charge in [0.1, 0.15) is 0 Å². The Kier molecular flexibility index (Phi) is 11.5. The van der Waals surface area contributed by atoms with Gasteiger partial charge in [-0.3, -0.25) is 9.48 Å². The Morgan fingerprint density at radius 3 is 2.12 bits per heavy atom. The van der Waals surface area contributed by atoms with Crippen molar-refractivity contribution in [1.82, 2.24) is 14.8 Å². The van der Waals surface area contributed by atoms with Crippen LogP contribution < -0.4 is 56.5 Å². The van der Waals surface area contributed by atoms with Gasteiger partial charge in [0, 0.05) is 5.56 Å². The van der Waals surface area contributed by atoms with Gasteiger partial charge >= 0.3 is 63.3 Å². The molecular weight excluding hydrogens is 620 g/mol. The van der Waals surface area contributed by atoms with Gasteiger partial charge in [0.2, 0.25) is 0 Å². The molecule has 0 aromatic carbocycles. The van der Waals surface area contributed by atoms with Crippen molar-refractivity contribution in [3.63, 3.8) is 0 Å². The Labute approximate surface area is 285 Å². The van der Waals surface area contributed by atoms with Crippen molar-refractivity contribution in [2.24, 2.45) is 5.10 Å². The first kappa shape index (κ1) is 34.3. The van der Waals surface area contributed by atoms with Crippen molar-refractivity contribution in [3.05, 3.63) is 41.1 Å². The number of carbonyl (C=O) groups excluding carboxylic acids is 3. The van der Waals surface area contributed by atoms with E-state index in [-0.39, 0.29) is 123 Å². The summed E-state index contributed by atoms with van der Waals surface area (Å²) >= 11 is 0. The van der Waals surface area contributed by atoms with E-state index in [4.69, 9.17) is 9.47 Å². The largest absolute Gasteiger partial charge is 1.00 e. The number of hydrogen-bond acceptors (Lipinski definition) is 12. The molecule has 0 aliphatic carbocycles. The van der Waals surface area contributed by atoms with Crippen LogP contribution in [0.15, 0.2) is 35.0 Å². The summed E-state index contributed by atoms with van der Waals surface area (Å²) in [5, 5.41) is 22.2. The summed E-state index contributed by atoms with van der Waals surface area (Å²) in [5.74, 6) is -3.66. The molecule has 3 aliphatic rings. The van der Waals surface area contributed by atoms with Gasteiger partial charge in [0.15, 0.2) is 31.1 Å². The summed E-state index contributed by atoms with van der Waals surface area (Å²) in [5.41, 5.74) is -0.697. The van der Waals surface area contributed by atoms with Crippen molar-refractivity contribution in [1.29, 1.82) is 0 Å². The van der Waals surface area contributed by atoms with Gasteiger partial charge in [0.25, 0.3) is 5.91 Å². The van der Waals surface area contributed by atoms with E-state index in [0.717, 1.165) is 9.69 Å². The maximum atomic E-state index is 13.1. The smallest absolute Gasteiger partial charge is 0.858 e. The molecule has 2 fully saturated rings. The van der Waals surface area contributed by atoms with E-state index in [2.05, 4.69) is 10.2 Å². The molecule has 1 amide bonds. The minimum atomic E-state index is -3.32. The van der Waals surface area contributed by atoms with Gasteiger partial charge in [-0.1, -0.05) is 24.3 Å². The van der Waals surface area contributed by atoms with Gasteiger partial charge in [-0.05, 0) is 38.6 Å². The van der Waals surface area contributed by atoms with Crippen LogP contribution in [0.5, 0.6) is 5.88 Å². The Morgan fingerprint density at radius 2 is 1.55 bits per heavy atom. The van der Waals surface area contributed by atoms with Crippen LogP contribution in [0.4, 0.5) is 0 Å². The molecule has 2 saturated heterocycles. The van der Waals surface area contributed by atoms with Crippen molar-refractivity contribution >= 4 is 49.3 Å². The van der Waals surface area contributed by atoms with E-state index < -0.39 is 55.5 Å². The number of amides is 1. The summed E-state index contributed by atoms with van der Waals surface area (Å²) in [7, 11) is -6.63. The molecule has 0 bridgehead atoms. The van der Waals surface area contributed by atoms with Crippen LogP contribution in [0.1, 0.15) is 48.8 Å². The van der Waals surface area contributed by atoms with Gasteiger partial charge in [-0.25, -0.2) is 31.4 Å². The van der Waals surface area contributed by atoms with Crippen molar-refractivity contribution in [2.75, 3.05) is 36.2 Å². The fourth-order valence-electron chi connectivity index (χ4n) is 4.66. The molecule has 0 radical (unpaired) electrons. The SMILES string of the molecule is CCOC(=O)C1=NN(C2CCS(=O)(=O)C2)C(=O)/C1=C/C=C/C=C/c1c(C(=O)OCC)nn(C2CCS(=O)(=O)C2)c1[O-].[K+]. The number of rotatable bonds is 9. The average Bonchev–Trinajstić information content (AvgIpc) is 3.63. The molecular formula is C25H29KN4O10S2. The van der Waals surface area contributed by atoms with Crippen molar-refractivity contribution in [2.45, 2.75) is 38.8 Å². The first-order valence-corrected chi connectivity index (χ1v) is 16.5. The van der Waals surface area contributed by atoms with Crippen LogP contribution >= 0.6 is 0 Å². The molecule has 0 saturated carbocycles. The third-order valence-electron chi connectivity index (χ3n) is 6.60. The third-order valence-corrected chi connectivity index (χ3v) is 10.1. The van der Waals surface area contributed by atoms with E-state index >= 15 is 0 Å². The predicted octanol–water partition coefficient (Wildman–Crippen LogP) is -3.06. The Hall–Kier alpha value is -2.15. The third kappa shape index (κ3) is 7.67. The zero-order valence-electron chi connectivity index (χ0n) is 23.4. The van der Waals surface area contributed by atoms with E-state index in [0.29, 0.717) is 0 Å². The number of aromatic nitrogens is 2. The van der Waals surface area contributed by atoms with Crippen LogP contribution in [-0.4, -0.2) is 97.4 Å². The normalized spacial score (nSPS) is 24.0. The molecule has 2 unspecified atom stereocenters. The quantitative estimate of drug-likeness (QED) is 0.114. The fraction of sp³-hybridized carbons (Fsp3) is 0.480. The minimum Gasteiger partial charge on any atom is -0.858 e. The maximum Gasteiger partial charge on any atom is 1.00 e. The number of ether oxygens (including phenoxy) is 2. The van der Waals surface area contributed by atoms with Gasteiger partial charge in [-0.2, -0.15) is 10.2 Å². The van der Waals surface area contributed by atoms with E-state index in [1.807, 2.05) is 0 Å². The number of hydrazone groups is 1. The van der Waals surface area contributed by atoms with E-state index in [1.54, 1.807) is 13.8 Å². The molecule has 17 heteroatoms. The zero-order valence-corrected chi connectivity index (χ0v) is 28.1. The average molecular weight is 649 g/mol. The topological polar surface area (TPSA) is 194 Å². The summed E-state index contributed by atoms with van der Waals surface area (Å²) in [4.78, 5) is 38.0. The number of sulfone groups is 2. The Balaban J connectivity index is 0.00000484. The van der Waals surface area contributed by atoms with Gasteiger partial charge in [-0.15, -0.1) is 0 Å². The summed E-state index contributed by atoms with van der Waals surface area (Å²) in [6.45, 7) is 3.26. The minimum absolute atomic E-state index is 0. The second-order valence-electron chi connectivity index (χ2n) is 9.49.